The van der Waals surface area contributed by atoms with Gasteiger partial charge in [-0.3, -0.25) is 0 Å². The van der Waals surface area contributed by atoms with E-state index in [0.717, 1.165) is 0 Å². The van der Waals surface area contributed by atoms with Crippen LogP contribution in [-0.2, 0) is 4.43 Å². The van der Waals surface area contributed by atoms with Crippen LogP contribution in [0.5, 0.6) is 0 Å². The van der Waals surface area contributed by atoms with Crippen molar-refractivity contribution in [3.63, 3.8) is 0 Å². The molecule has 12 heavy (non-hydrogen) atoms. The summed E-state index contributed by atoms with van der Waals surface area (Å²) in [5, 5.41) is 0.227. The molecule has 0 aliphatic heterocycles. The SMILES string of the molecule is CC[C@](C)(O[Si](C)(C)C)[SiH](C)C. The molecule has 0 aliphatic rings. The summed E-state index contributed by atoms with van der Waals surface area (Å²) in [6.07, 6.45) is 1.17. The van der Waals surface area contributed by atoms with Gasteiger partial charge < -0.3 is 4.43 Å². The predicted octanol–water partition coefficient (Wildman–Crippen LogP) is 3.03. The van der Waals surface area contributed by atoms with Gasteiger partial charge in [0.05, 0.1) is 8.80 Å². The first-order valence-corrected chi connectivity index (χ1v) is 11.2. The minimum atomic E-state index is -1.34. The average molecular weight is 204 g/mol. The van der Waals surface area contributed by atoms with E-state index in [1.807, 2.05) is 0 Å². The maximum Gasteiger partial charge on any atom is 0.184 e. The molecule has 0 amide bonds. The minimum absolute atomic E-state index is 0.227. The molecule has 0 saturated heterocycles. The van der Waals surface area contributed by atoms with Crippen molar-refractivity contribution in [3.8, 4) is 0 Å². The first kappa shape index (κ1) is 12.4. The normalized spacial score (nSPS) is 18.0. The molecule has 1 nitrogen and oxygen atoms in total. The van der Waals surface area contributed by atoms with Gasteiger partial charge in [-0.2, -0.15) is 0 Å². The number of rotatable bonds is 4. The smallest absolute Gasteiger partial charge is 0.184 e. The van der Waals surface area contributed by atoms with Gasteiger partial charge in [-0.1, -0.05) is 20.0 Å². The summed E-state index contributed by atoms with van der Waals surface area (Å²) in [5.41, 5.74) is 0. The first-order valence-electron chi connectivity index (χ1n) is 4.91. The van der Waals surface area contributed by atoms with E-state index in [9.17, 15) is 0 Å². The Balaban J connectivity index is 4.35. The van der Waals surface area contributed by atoms with Crippen molar-refractivity contribution in [1.29, 1.82) is 0 Å². The van der Waals surface area contributed by atoms with Gasteiger partial charge in [0, 0.05) is 5.22 Å². The second-order valence-corrected chi connectivity index (χ2v) is 13.0. The van der Waals surface area contributed by atoms with Crippen LogP contribution in [0.1, 0.15) is 20.3 Å². The quantitative estimate of drug-likeness (QED) is 0.640. The van der Waals surface area contributed by atoms with Crippen LogP contribution in [0.15, 0.2) is 0 Å². The summed E-state index contributed by atoms with van der Waals surface area (Å²) in [4.78, 5) is 0. The molecular weight excluding hydrogens is 180 g/mol. The van der Waals surface area contributed by atoms with Crippen molar-refractivity contribution in [2.75, 3.05) is 0 Å². The Bertz CT molecular complexity index is 140. The molecule has 74 valence electrons. The standard InChI is InChI=1S/C9H24OSi2/c1-8-9(2,11(3)4)10-12(5,6)7/h11H,8H2,1-7H3/t9-/m1/s1. The third-order valence-electron chi connectivity index (χ3n) is 2.46. The van der Waals surface area contributed by atoms with Crippen LogP contribution >= 0.6 is 0 Å². The van der Waals surface area contributed by atoms with E-state index in [-0.39, 0.29) is 5.22 Å². The molecule has 0 N–H and O–H groups in total. The molecule has 0 unspecified atom stereocenters. The monoisotopic (exact) mass is 204 g/mol. The van der Waals surface area contributed by atoms with Crippen LogP contribution in [0.25, 0.3) is 0 Å². The van der Waals surface area contributed by atoms with Gasteiger partial charge >= 0.3 is 0 Å². The van der Waals surface area contributed by atoms with Crippen molar-refractivity contribution in [1.82, 2.24) is 0 Å². The summed E-state index contributed by atoms with van der Waals surface area (Å²) < 4.78 is 6.24. The molecule has 1 atom stereocenters. The van der Waals surface area contributed by atoms with Crippen LogP contribution < -0.4 is 0 Å². The van der Waals surface area contributed by atoms with Crippen LogP contribution in [0.4, 0.5) is 0 Å². The van der Waals surface area contributed by atoms with E-state index < -0.39 is 17.1 Å². The Kier molecular flexibility index (Phi) is 4.20. The molecule has 0 aliphatic carbocycles. The summed E-state index contributed by atoms with van der Waals surface area (Å²) in [7, 11) is -2.03. The van der Waals surface area contributed by atoms with E-state index in [4.69, 9.17) is 4.43 Å². The Morgan fingerprint density at radius 3 is 1.75 bits per heavy atom. The summed E-state index contributed by atoms with van der Waals surface area (Å²) >= 11 is 0. The lowest BCUT2D eigenvalue weighted by molar-refractivity contribution is 0.156. The van der Waals surface area contributed by atoms with Crippen LogP contribution in [-0.4, -0.2) is 22.3 Å². The maximum absolute atomic E-state index is 6.24. The maximum atomic E-state index is 6.24. The van der Waals surface area contributed by atoms with E-state index in [0.29, 0.717) is 0 Å². The van der Waals surface area contributed by atoms with Gasteiger partial charge in [0.1, 0.15) is 0 Å². The van der Waals surface area contributed by atoms with Crippen molar-refractivity contribution in [2.45, 2.75) is 58.2 Å². The first-order chi connectivity index (χ1) is 5.21. The van der Waals surface area contributed by atoms with E-state index in [1.165, 1.54) is 6.42 Å². The predicted molar refractivity (Wildman–Crippen MR) is 62.0 cm³/mol. The molecule has 0 aromatic rings. The zero-order chi connectivity index (χ0) is 9.99. The van der Waals surface area contributed by atoms with Gasteiger partial charge in [-0.25, -0.2) is 0 Å². The fourth-order valence-electron chi connectivity index (χ4n) is 1.30. The molecule has 0 aromatic carbocycles. The second-order valence-electron chi connectivity index (χ2n) is 5.04. The summed E-state index contributed by atoms with van der Waals surface area (Å²) in [6.45, 7) is 16.1. The van der Waals surface area contributed by atoms with Crippen LogP contribution in [0, 0.1) is 0 Å². The molecule has 0 aromatic heterocycles. The lowest BCUT2D eigenvalue weighted by Gasteiger charge is -2.38. The second kappa shape index (κ2) is 4.07. The van der Waals surface area contributed by atoms with E-state index >= 15 is 0 Å². The van der Waals surface area contributed by atoms with Crippen LogP contribution in [0.3, 0.4) is 0 Å². The van der Waals surface area contributed by atoms with Crippen molar-refractivity contribution in [3.05, 3.63) is 0 Å². The zero-order valence-corrected chi connectivity index (χ0v) is 11.8. The molecule has 0 spiro atoms. The highest BCUT2D eigenvalue weighted by molar-refractivity contribution is 6.71. The summed E-state index contributed by atoms with van der Waals surface area (Å²) in [5.74, 6) is 0. The fraction of sp³-hybridized carbons (Fsp3) is 1.00. The molecule has 0 radical (unpaired) electrons. The molecular formula is C9H24OSi2. The molecule has 0 heterocycles. The highest BCUT2D eigenvalue weighted by Gasteiger charge is 2.33. The third kappa shape index (κ3) is 3.87. The molecule has 3 heteroatoms. The molecule has 0 bridgehead atoms. The third-order valence-corrected chi connectivity index (χ3v) is 6.75. The Morgan fingerprint density at radius 1 is 1.25 bits per heavy atom. The van der Waals surface area contributed by atoms with Gasteiger partial charge in [0.15, 0.2) is 8.32 Å². The topological polar surface area (TPSA) is 9.23 Å². The van der Waals surface area contributed by atoms with E-state index in [1.54, 1.807) is 0 Å². The Labute approximate surface area is 80.3 Å². The number of hydrogen-bond acceptors (Lipinski definition) is 1. The fourth-order valence-corrected chi connectivity index (χ4v) is 5.66. The van der Waals surface area contributed by atoms with Gasteiger partial charge in [-0.15, -0.1) is 0 Å². The van der Waals surface area contributed by atoms with Gasteiger partial charge in [0.2, 0.25) is 0 Å². The Morgan fingerprint density at radius 2 is 1.67 bits per heavy atom. The molecule has 0 fully saturated rings. The highest BCUT2D eigenvalue weighted by atomic mass is 28.4. The average Bonchev–Trinajstić information content (AvgIpc) is 1.83. The minimum Gasteiger partial charge on any atom is -0.416 e. The van der Waals surface area contributed by atoms with Crippen molar-refractivity contribution in [2.24, 2.45) is 0 Å². The Hall–Kier alpha value is 0.394. The van der Waals surface area contributed by atoms with Gasteiger partial charge in [-0.05, 0) is 33.0 Å². The van der Waals surface area contributed by atoms with Crippen molar-refractivity contribution < 1.29 is 4.43 Å². The molecule has 0 saturated carbocycles. The van der Waals surface area contributed by atoms with Crippen molar-refractivity contribution >= 4 is 17.1 Å². The lowest BCUT2D eigenvalue weighted by atomic mass is 10.3. The lowest BCUT2D eigenvalue weighted by Crippen LogP contribution is -2.48. The number of hydrogen-bond donors (Lipinski definition) is 0. The van der Waals surface area contributed by atoms with Gasteiger partial charge in [0.25, 0.3) is 0 Å². The highest BCUT2D eigenvalue weighted by Crippen LogP contribution is 2.24. The van der Waals surface area contributed by atoms with E-state index in [2.05, 4.69) is 46.6 Å². The largest absolute Gasteiger partial charge is 0.416 e. The summed E-state index contributed by atoms with van der Waals surface area (Å²) in [6, 6.07) is 0. The van der Waals surface area contributed by atoms with Crippen LogP contribution in [0.2, 0.25) is 32.7 Å². The molecule has 0 rings (SSSR count). The zero-order valence-electron chi connectivity index (χ0n) is 9.69.